The van der Waals surface area contributed by atoms with E-state index in [2.05, 4.69) is 11.9 Å². The summed E-state index contributed by atoms with van der Waals surface area (Å²) in [6.45, 7) is 5.56. The summed E-state index contributed by atoms with van der Waals surface area (Å²) in [6.07, 6.45) is 2.76. The van der Waals surface area contributed by atoms with Crippen LogP contribution in [0.2, 0.25) is 0 Å². The summed E-state index contributed by atoms with van der Waals surface area (Å²) in [7, 11) is 1.52. The molecule has 0 aliphatic carbocycles. The molecular formula is C10H16N2O2. The number of carbonyl (C=O) groups is 2. The van der Waals surface area contributed by atoms with E-state index in [4.69, 9.17) is 0 Å². The first-order valence-electron chi connectivity index (χ1n) is 4.75. The molecule has 0 bridgehead atoms. The number of imide groups is 1. The van der Waals surface area contributed by atoms with Gasteiger partial charge in [0, 0.05) is 19.5 Å². The number of likely N-dealkylation sites (tertiary alicyclic amines) is 1. The highest BCUT2D eigenvalue weighted by molar-refractivity contribution is 6.00. The number of piperidine rings is 1. The van der Waals surface area contributed by atoms with Gasteiger partial charge in [-0.3, -0.25) is 19.8 Å². The Balaban J connectivity index is 2.59. The fraction of sp³-hybridized carbons (Fsp3) is 0.600. The normalized spacial score (nSPS) is 25.0. The quantitative estimate of drug-likeness (QED) is 0.521. The Morgan fingerprint density at radius 3 is 2.86 bits per heavy atom. The lowest BCUT2D eigenvalue weighted by molar-refractivity contribution is -0.148. The molecule has 0 aromatic heterocycles. The Kier molecular flexibility index (Phi) is 3.41. The maximum Gasteiger partial charge on any atom is 0.246 e. The van der Waals surface area contributed by atoms with Crippen LogP contribution in [-0.2, 0) is 9.59 Å². The fourth-order valence-electron chi connectivity index (χ4n) is 1.46. The smallest absolute Gasteiger partial charge is 0.246 e. The van der Waals surface area contributed by atoms with Crippen LogP contribution in [-0.4, -0.2) is 35.8 Å². The Morgan fingerprint density at radius 1 is 1.64 bits per heavy atom. The van der Waals surface area contributed by atoms with Gasteiger partial charge in [0.05, 0.1) is 6.04 Å². The highest BCUT2D eigenvalue weighted by Crippen LogP contribution is 2.11. The summed E-state index contributed by atoms with van der Waals surface area (Å²) in [6, 6.07) is -0.156. The topological polar surface area (TPSA) is 49.4 Å². The van der Waals surface area contributed by atoms with Crippen LogP contribution < -0.4 is 5.32 Å². The number of nitrogens with zero attached hydrogens (tertiary/aromatic N) is 1. The zero-order valence-electron chi connectivity index (χ0n) is 8.62. The van der Waals surface area contributed by atoms with Crippen LogP contribution in [0.5, 0.6) is 0 Å². The lowest BCUT2D eigenvalue weighted by Crippen LogP contribution is -2.53. The van der Waals surface area contributed by atoms with E-state index in [1.165, 1.54) is 11.9 Å². The highest BCUT2D eigenvalue weighted by Gasteiger charge is 2.31. The van der Waals surface area contributed by atoms with Gasteiger partial charge in [-0.1, -0.05) is 6.08 Å². The molecule has 14 heavy (non-hydrogen) atoms. The third kappa shape index (κ3) is 2.20. The predicted octanol–water partition coefficient (Wildman–Crippen LogP) is 0.298. The Bertz CT molecular complexity index is 263. The zero-order valence-corrected chi connectivity index (χ0v) is 8.62. The molecule has 4 heteroatoms. The standard InChI is InChI=1S/C10H16N2O2/c1-4-7(2)11-8-5-6-9(13)12(3)10(8)14/h4,7-8,11H,1,5-6H2,2-3H3. The Labute approximate surface area is 84.0 Å². The van der Waals surface area contributed by atoms with Crippen molar-refractivity contribution >= 4 is 11.8 Å². The molecule has 0 saturated carbocycles. The predicted molar refractivity (Wildman–Crippen MR) is 53.6 cm³/mol. The van der Waals surface area contributed by atoms with E-state index in [1.807, 2.05) is 6.92 Å². The SMILES string of the molecule is C=CC(C)NC1CCC(=O)N(C)C1=O. The second kappa shape index (κ2) is 4.37. The van der Waals surface area contributed by atoms with Gasteiger partial charge < -0.3 is 0 Å². The molecule has 1 N–H and O–H groups in total. The molecule has 1 saturated heterocycles. The minimum Gasteiger partial charge on any atom is -0.300 e. The van der Waals surface area contributed by atoms with Crippen molar-refractivity contribution in [3.05, 3.63) is 12.7 Å². The van der Waals surface area contributed by atoms with Gasteiger partial charge in [-0.2, -0.15) is 0 Å². The van der Waals surface area contributed by atoms with Crippen molar-refractivity contribution in [2.24, 2.45) is 0 Å². The van der Waals surface area contributed by atoms with Crippen molar-refractivity contribution in [1.82, 2.24) is 10.2 Å². The van der Waals surface area contributed by atoms with Gasteiger partial charge in [-0.15, -0.1) is 6.58 Å². The number of carbonyl (C=O) groups excluding carboxylic acids is 2. The van der Waals surface area contributed by atoms with Crippen molar-refractivity contribution < 1.29 is 9.59 Å². The molecule has 0 aromatic carbocycles. The molecule has 2 unspecified atom stereocenters. The molecule has 0 aromatic rings. The van der Waals surface area contributed by atoms with Crippen LogP contribution in [0.4, 0.5) is 0 Å². The third-order valence-electron chi connectivity index (χ3n) is 2.47. The van der Waals surface area contributed by atoms with Crippen molar-refractivity contribution in [1.29, 1.82) is 0 Å². The van der Waals surface area contributed by atoms with Crippen LogP contribution in [0, 0.1) is 0 Å². The van der Waals surface area contributed by atoms with Gasteiger partial charge in [0.2, 0.25) is 11.8 Å². The van der Waals surface area contributed by atoms with Crippen LogP contribution in [0.25, 0.3) is 0 Å². The van der Waals surface area contributed by atoms with Gasteiger partial charge >= 0.3 is 0 Å². The van der Waals surface area contributed by atoms with Gasteiger partial charge in [0.15, 0.2) is 0 Å². The van der Waals surface area contributed by atoms with Crippen LogP contribution >= 0.6 is 0 Å². The molecule has 1 aliphatic heterocycles. The molecule has 1 rings (SSSR count). The first kappa shape index (κ1) is 10.9. The van der Waals surface area contributed by atoms with E-state index in [0.717, 1.165) is 0 Å². The van der Waals surface area contributed by atoms with E-state index < -0.39 is 0 Å². The number of hydrogen-bond donors (Lipinski definition) is 1. The average Bonchev–Trinajstić information content (AvgIpc) is 2.19. The highest BCUT2D eigenvalue weighted by atomic mass is 16.2. The Morgan fingerprint density at radius 2 is 2.29 bits per heavy atom. The largest absolute Gasteiger partial charge is 0.300 e. The van der Waals surface area contributed by atoms with Gasteiger partial charge in [0.1, 0.15) is 0 Å². The number of hydrogen-bond acceptors (Lipinski definition) is 3. The molecule has 2 atom stereocenters. The molecule has 1 fully saturated rings. The van der Waals surface area contributed by atoms with Gasteiger partial charge in [-0.05, 0) is 13.3 Å². The fourth-order valence-corrected chi connectivity index (χ4v) is 1.46. The summed E-state index contributed by atoms with van der Waals surface area (Å²) in [4.78, 5) is 23.9. The maximum atomic E-state index is 11.6. The van der Waals surface area contributed by atoms with Crippen LogP contribution in [0.15, 0.2) is 12.7 Å². The first-order valence-corrected chi connectivity index (χ1v) is 4.75. The molecule has 0 spiro atoms. The number of rotatable bonds is 3. The van der Waals surface area contributed by atoms with E-state index in [-0.39, 0.29) is 23.9 Å². The zero-order chi connectivity index (χ0) is 10.7. The van der Waals surface area contributed by atoms with Crippen LogP contribution in [0.3, 0.4) is 0 Å². The molecule has 1 heterocycles. The first-order chi connectivity index (χ1) is 6.56. The molecule has 4 nitrogen and oxygen atoms in total. The van der Waals surface area contributed by atoms with Crippen molar-refractivity contribution in [2.45, 2.75) is 31.8 Å². The van der Waals surface area contributed by atoms with Gasteiger partial charge in [0.25, 0.3) is 0 Å². The molecule has 0 radical (unpaired) electrons. The lowest BCUT2D eigenvalue weighted by atomic mass is 10.0. The number of likely N-dealkylation sites (N-methyl/N-ethyl adjacent to an activating group) is 1. The monoisotopic (exact) mass is 196 g/mol. The molecular weight excluding hydrogens is 180 g/mol. The summed E-state index contributed by atoms with van der Waals surface area (Å²) < 4.78 is 0. The maximum absolute atomic E-state index is 11.6. The van der Waals surface area contributed by atoms with E-state index in [9.17, 15) is 9.59 Å². The summed E-state index contributed by atoms with van der Waals surface area (Å²) in [5, 5.41) is 3.11. The average molecular weight is 196 g/mol. The lowest BCUT2D eigenvalue weighted by Gasteiger charge is -2.29. The summed E-state index contributed by atoms with van der Waals surface area (Å²) in [5.41, 5.74) is 0. The third-order valence-corrected chi connectivity index (χ3v) is 2.47. The van der Waals surface area contributed by atoms with Crippen molar-refractivity contribution in [3.8, 4) is 0 Å². The summed E-state index contributed by atoms with van der Waals surface area (Å²) >= 11 is 0. The van der Waals surface area contributed by atoms with E-state index in [1.54, 1.807) is 6.08 Å². The van der Waals surface area contributed by atoms with Gasteiger partial charge in [-0.25, -0.2) is 0 Å². The summed E-state index contributed by atoms with van der Waals surface area (Å²) in [5.74, 6) is -0.241. The number of nitrogens with one attached hydrogen (secondary N) is 1. The van der Waals surface area contributed by atoms with E-state index >= 15 is 0 Å². The van der Waals surface area contributed by atoms with Crippen molar-refractivity contribution in [3.63, 3.8) is 0 Å². The molecule has 2 amide bonds. The minimum absolute atomic E-state index is 0.0885. The molecule has 78 valence electrons. The van der Waals surface area contributed by atoms with E-state index in [0.29, 0.717) is 12.8 Å². The number of amides is 2. The molecule has 1 aliphatic rings. The second-order valence-electron chi connectivity index (χ2n) is 3.57. The second-order valence-corrected chi connectivity index (χ2v) is 3.57. The minimum atomic E-state index is -0.245. The van der Waals surface area contributed by atoms with Crippen molar-refractivity contribution in [2.75, 3.05) is 7.05 Å². The van der Waals surface area contributed by atoms with Crippen LogP contribution in [0.1, 0.15) is 19.8 Å². The Hall–Kier alpha value is -1.16.